The first-order valence-corrected chi connectivity index (χ1v) is 10.7. The molecule has 4 rings (SSSR count). The molecule has 2 aliphatic rings. The highest BCUT2D eigenvalue weighted by molar-refractivity contribution is 5.97. The van der Waals surface area contributed by atoms with Gasteiger partial charge in [0.25, 0.3) is 5.91 Å². The second-order valence-electron chi connectivity index (χ2n) is 8.23. The molecule has 0 radical (unpaired) electrons. The maximum Gasteiger partial charge on any atom is 0.251 e. The van der Waals surface area contributed by atoms with Gasteiger partial charge in [0, 0.05) is 56.0 Å². The zero-order valence-corrected chi connectivity index (χ0v) is 17.7. The number of fused-ring (bicyclic) bond motifs is 1. The third-order valence-electron chi connectivity index (χ3n) is 5.68. The number of nitrogens with zero attached hydrogens (tertiary/aromatic N) is 2. The van der Waals surface area contributed by atoms with Gasteiger partial charge in [0.05, 0.1) is 0 Å². The van der Waals surface area contributed by atoms with Crippen LogP contribution in [0.2, 0.25) is 0 Å². The molecule has 0 spiro atoms. The van der Waals surface area contributed by atoms with Gasteiger partial charge in [0.2, 0.25) is 5.91 Å². The van der Waals surface area contributed by atoms with Crippen molar-refractivity contribution in [3.8, 4) is 5.75 Å². The SMILES string of the molecule is Cc1ccc2c(c1)CN(CCNC(=O)c1ccc(N3CCCC3=O)cc1)CC(C)O2. The fourth-order valence-electron chi connectivity index (χ4n) is 4.18. The Labute approximate surface area is 177 Å². The molecule has 30 heavy (non-hydrogen) atoms. The Balaban J connectivity index is 1.31. The lowest BCUT2D eigenvalue weighted by atomic mass is 10.1. The smallest absolute Gasteiger partial charge is 0.251 e. The van der Waals surface area contributed by atoms with Crippen molar-refractivity contribution in [1.29, 1.82) is 0 Å². The number of aryl methyl sites for hydroxylation is 1. The number of hydrogen-bond donors (Lipinski definition) is 1. The van der Waals surface area contributed by atoms with Crippen molar-refractivity contribution >= 4 is 17.5 Å². The maximum atomic E-state index is 12.5. The van der Waals surface area contributed by atoms with Crippen LogP contribution in [0.4, 0.5) is 5.69 Å². The van der Waals surface area contributed by atoms with Gasteiger partial charge >= 0.3 is 0 Å². The molecule has 2 aliphatic heterocycles. The first-order chi connectivity index (χ1) is 14.5. The first kappa shape index (κ1) is 20.4. The van der Waals surface area contributed by atoms with Gasteiger partial charge in [-0.25, -0.2) is 0 Å². The standard InChI is InChI=1S/C24H29N3O3/c1-17-5-10-22-20(14-17)16-26(15-18(2)30-22)13-11-25-24(29)19-6-8-21(9-7-19)27-12-3-4-23(27)28/h5-10,14,18H,3-4,11-13,15-16H2,1-2H3,(H,25,29). The second kappa shape index (κ2) is 8.88. The summed E-state index contributed by atoms with van der Waals surface area (Å²) in [6.07, 6.45) is 1.60. The summed E-state index contributed by atoms with van der Waals surface area (Å²) in [4.78, 5) is 28.5. The molecule has 2 amide bonds. The van der Waals surface area contributed by atoms with Crippen LogP contribution in [0.1, 0.15) is 41.3 Å². The molecule has 6 nitrogen and oxygen atoms in total. The summed E-state index contributed by atoms with van der Waals surface area (Å²) in [6, 6.07) is 13.6. The molecular weight excluding hydrogens is 378 g/mol. The molecule has 158 valence electrons. The fraction of sp³-hybridized carbons (Fsp3) is 0.417. The van der Waals surface area contributed by atoms with E-state index in [0.29, 0.717) is 18.5 Å². The summed E-state index contributed by atoms with van der Waals surface area (Å²) in [5.74, 6) is 1.01. The number of anilines is 1. The fourth-order valence-corrected chi connectivity index (χ4v) is 4.18. The number of ether oxygens (including phenoxy) is 1. The van der Waals surface area contributed by atoms with E-state index in [1.165, 1.54) is 11.1 Å². The van der Waals surface area contributed by atoms with Gasteiger partial charge in [-0.15, -0.1) is 0 Å². The lowest BCUT2D eigenvalue weighted by molar-refractivity contribution is -0.117. The van der Waals surface area contributed by atoms with Crippen molar-refractivity contribution in [3.63, 3.8) is 0 Å². The average molecular weight is 408 g/mol. The topological polar surface area (TPSA) is 61.9 Å². The van der Waals surface area contributed by atoms with Crippen LogP contribution < -0.4 is 15.0 Å². The van der Waals surface area contributed by atoms with Gasteiger partial charge in [-0.1, -0.05) is 17.7 Å². The zero-order chi connectivity index (χ0) is 21.1. The van der Waals surface area contributed by atoms with Gasteiger partial charge in [0.1, 0.15) is 11.9 Å². The van der Waals surface area contributed by atoms with Crippen LogP contribution in [0.15, 0.2) is 42.5 Å². The van der Waals surface area contributed by atoms with Crippen LogP contribution in [0.25, 0.3) is 0 Å². The van der Waals surface area contributed by atoms with Crippen LogP contribution in [0.5, 0.6) is 5.75 Å². The van der Waals surface area contributed by atoms with Crippen molar-refractivity contribution in [1.82, 2.24) is 10.2 Å². The second-order valence-corrected chi connectivity index (χ2v) is 8.23. The molecule has 6 heteroatoms. The Hall–Kier alpha value is -2.86. The van der Waals surface area contributed by atoms with E-state index in [1.54, 1.807) is 17.0 Å². The van der Waals surface area contributed by atoms with Crippen molar-refractivity contribution in [2.24, 2.45) is 0 Å². The van der Waals surface area contributed by atoms with E-state index in [-0.39, 0.29) is 17.9 Å². The third-order valence-corrected chi connectivity index (χ3v) is 5.68. The number of carbonyl (C=O) groups is 2. The Morgan fingerprint density at radius 2 is 2.00 bits per heavy atom. The quantitative estimate of drug-likeness (QED) is 0.827. The summed E-state index contributed by atoms with van der Waals surface area (Å²) in [7, 11) is 0. The summed E-state index contributed by atoms with van der Waals surface area (Å²) in [5, 5.41) is 3.01. The maximum absolute atomic E-state index is 12.5. The minimum atomic E-state index is -0.0929. The van der Waals surface area contributed by atoms with E-state index >= 15 is 0 Å². The van der Waals surface area contributed by atoms with E-state index in [4.69, 9.17) is 4.74 Å². The number of nitrogens with one attached hydrogen (secondary N) is 1. The molecule has 0 aliphatic carbocycles. The molecule has 1 unspecified atom stereocenters. The summed E-state index contributed by atoms with van der Waals surface area (Å²) < 4.78 is 6.04. The van der Waals surface area contributed by atoms with Crippen LogP contribution in [-0.2, 0) is 11.3 Å². The summed E-state index contributed by atoms with van der Waals surface area (Å²) in [5.41, 5.74) is 3.89. The van der Waals surface area contributed by atoms with Crippen LogP contribution in [0, 0.1) is 6.92 Å². The first-order valence-electron chi connectivity index (χ1n) is 10.7. The van der Waals surface area contributed by atoms with Crippen molar-refractivity contribution in [2.75, 3.05) is 31.1 Å². The van der Waals surface area contributed by atoms with Gasteiger partial charge < -0.3 is 15.0 Å². The van der Waals surface area contributed by atoms with Crippen molar-refractivity contribution < 1.29 is 14.3 Å². The van der Waals surface area contributed by atoms with Crippen LogP contribution in [-0.4, -0.2) is 49.0 Å². The number of carbonyl (C=O) groups excluding carboxylic acids is 2. The highest BCUT2D eigenvalue weighted by Crippen LogP contribution is 2.26. The van der Waals surface area contributed by atoms with Gasteiger partial charge in [-0.3, -0.25) is 14.5 Å². The van der Waals surface area contributed by atoms with Crippen LogP contribution in [0.3, 0.4) is 0 Å². The van der Waals surface area contributed by atoms with E-state index < -0.39 is 0 Å². The number of rotatable bonds is 5. The minimum Gasteiger partial charge on any atom is -0.489 e. The molecule has 2 heterocycles. The largest absolute Gasteiger partial charge is 0.489 e. The molecule has 2 aromatic carbocycles. The van der Waals surface area contributed by atoms with E-state index in [1.807, 2.05) is 18.2 Å². The Bertz CT molecular complexity index is 926. The predicted octanol–water partition coefficient (Wildman–Crippen LogP) is 3.13. The zero-order valence-electron chi connectivity index (χ0n) is 17.7. The lowest BCUT2D eigenvalue weighted by Gasteiger charge is -2.22. The minimum absolute atomic E-state index is 0.0929. The monoisotopic (exact) mass is 407 g/mol. The molecular formula is C24H29N3O3. The van der Waals surface area contributed by atoms with Gasteiger partial charge in [0.15, 0.2) is 0 Å². The lowest BCUT2D eigenvalue weighted by Crippen LogP contribution is -2.37. The third kappa shape index (κ3) is 4.65. The Kier molecular flexibility index (Phi) is 6.04. The summed E-state index contributed by atoms with van der Waals surface area (Å²) in [6.45, 7) is 7.88. The molecule has 0 aromatic heterocycles. The average Bonchev–Trinajstić information content (AvgIpc) is 3.08. The molecule has 1 atom stereocenters. The van der Waals surface area contributed by atoms with Gasteiger partial charge in [-0.05, 0) is 50.6 Å². The van der Waals surface area contributed by atoms with Crippen molar-refractivity contribution in [2.45, 2.75) is 39.3 Å². The number of amides is 2. The number of hydrogen-bond acceptors (Lipinski definition) is 4. The van der Waals surface area contributed by atoms with Crippen LogP contribution >= 0.6 is 0 Å². The Morgan fingerprint density at radius 3 is 2.73 bits per heavy atom. The molecule has 1 N–H and O–H groups in total. The molecule has 2 aromatic rings. The van der Waals surface area contributed by atoms with E-state index in [0.717, 1.165) is 44.0 Å². The van der Waals surface area contributed by atoms with Gasteiger partial charge in [-0.2, -0.15) is 0 Å². The number of benzene rings is 2. The highest BCUT2D eigenvalue weighted by Gasteiger charge is 2.22. The molecule has 0 bridgehead atoms. The molecule has 1 saturated heterocycles. The Morgan fingerprint density at radius 1 is 1.20 bits per heavy atom. The molecule has 0 saturated carbocycles. The molecule has 1 fully saturated rings. The highest BCUT2D eigenvalue weighted by atomic mass is 16.5. The summed E-state index contributed by atoms with van der Waals surface area (Å²) >= 11 is 0. The normalized spacial score (nSPS) is 19.2. The predicted molar refractivity (Wildman–Crippen MR) is 117 cm³/mol. The van der Waals surface area contributed by atoms with E-state index in [2.05, 4.69) is 36.2 Å². The van der Waals surface area contributed by atoms with Crippen molar-refractivity contribution in [3.05, 3.63) is 59.2 Å². The van der Waals surface area contributed by atoms with E-state index in [9.17, 15) is 9.59 Å².